The van der Waals surface area contributed by atoms with Crippen LogP contribution < -0.4 is 4.90 Å². The van der Waals surface area contributed by atoms with Gasteiger partial charge in [0.1, 0.15) is 17.1 Å². The van der Waals surface area contributed by atoms with E-state index in [2.05, 4.69) is 107 Å². The second kappa shape index (κ2) is 9.61. The van der Waals surface area contributed by atoms with Gasteiger partial charge in [0.15, 0.2) is 0 Å². The Kier molecular flexibility index (Phi) is 6.67. The summed E-state index contributed by atoms with van der Waals surface area (Å²) in [5, 5.41) is 11.5. The molecule has 0 amide bonds. The number of aromatic hydroxyl groups is 1. The Morgan fingerprint density at radius 3 is 2.44 bits per heavy atom. The zero-order valence-corrected chi connectivity index (χ0v) is 25.4. The van der Waals surface area contributed by atoms with E-state index in [0.717, 1.165) is 39.4 Å². The summed E-state index contributed by atoms with van der Waals surface area (Å²) in [6.07, 6.45) is 1.90. The SMILES string of the molecule is Cc1cc(-c2[c-]c3c(cc2)C(C)(C)c2ccccc2N3c2cc(C(C)(C)C)ccn2)nc2c(O)cccc12.[Pt]. The van der Waals surface area contributed by atoms with Crippen molar-refractivity contribution >= 4 is 28.1 Å². The zero-order chi connectivity index (χ0) is 26.8. The van der Waals surface area contributed by atoms with E-state index in [1.807, 2.05) is 18.3 Å². The molecule has 6 rings (SSSR count). The topological polar surface area (TPSA) is 49.2 Å². The fraction of sp³-hybridized carbons (Fsp3) is 0.235. The molecule has 0 radical (unpaired) electrons. The van der Waals surface area contributed by atoms with Crippen LogP contribution in [0.2, 0.25) is 0 Å². The first-order valence-corrected chi connectivity index (χ1v) is 13.1. The smallest absolute Gasteiger partial charge is 0.140 e. The van der Waals surface area contributed by atoms with Gasteiger partial charge in [-0.25, -0.2) is 4.98 Å². The molecule has 1 N–H and O–H groups in total. The average molecular weight is 694 g/mol. The number of para-hydroxylation sites is 2. The van der Waals surface area contributed by atoms with Crippen LogP contribution >= 0.6 is 0 Å². The number of nitrogens with zero attached hydrogens (tertiary/aromatic N) is 3. The molecular formula is C34H32N3OPt-. The molecule has 2 aromatic heterocycles. The molecule has 5 aromatic rings. The molecule has 3 heterocycles. The van der Waals surface area contributed by atoms with Crippen molar-refractivity contribution in [3.05, 3.63) is 107 Å². The van der Waals surface area contributed by atoms with E-state index >= 15 is 0 Å². The summed E-state index contributed by atoms with van der Waals surface area (Å²) in [5.41, 5.74) is 8.86. The average Bonchev–Trinajstić information content (AvgIpc) is 2.89. The van der Waals surface area contributed by atoms with Crippen molar-refractivity contribution in [2.24, 2.45) is 0 Å². The number of anilines is 3. The summed E-state index contributed by atoms with van der Waals surface area (Å²) in [4.78, 5) is 11.9. The molecule has 0 saturated heterocycles. The molecule has 4 nitrogen and oxygen atoms in total. The standard InChI is InChI=1S/C34H32N3O.Pt/c1-21-18-27(36-32-24(21)10-9-13-30(32)38)22-14-15-26-29(19-22)37(28-12-8-7-11-25(28)34(26,5)6)31-20-23(16-17-35-31)33(2,3)4;/h7-18,20,38H,1-6H3;/q-1;. The van der Waals surface area contributed by atoms with Crippen molar-refractivity contribution < 1.29 is 26.2 Å². The fourth-order valence-electron chi connectivity index (χ4n) is 5.56. The Balaban J connectivity index is 0.00000308. The Labute approximate surface area is 245 Å². The van der Waals surface area contributed by atoms with Crippen molar-refractivity contribution in [1.82, 2.24) is 9.97 Å². The molecule has 0 bridgehead atoms. The molecule has 1 aliphatic heterocycles. The molecule has 1 aliphatic rings. The minimum atomic E-state index is -0.218. The fourth-order valence-corrected chi connectivity index (χ4v) is 5.56. The first kappa shape index (κ1) is 27.1. The number of phenolic OH excluding ortho intramolecular Hbond substituents is 1. The van der Waals surface area contributed by atoms with Crippen molar-refractivity contribution in [3.63, 3.8) is 0 Å². The van der Waals surface area contributed by atoms with Crippen molar-refractivity contribution in [2.45, 2.75) is 52.4 Å². The Bertz CT molecular complexity index is 1720. The van der Waals surface area contributed by atoms with E-state index in [9.17, 15) is 5.11 Å². The van der Waals surface area contributed by atoms with Gasteiger partial charge >= 0.3 is 0 Å². The summed E-state index contributed by atoms with van der Waals surface area (Å²) in [5.74, 6) is 1.06. The second-order valence-electron chi connectivity index (χ2n) is 11.8. The maximum absolute atomic E-state index is 10.5. The van der Waals surface area contributed by atoms with Gasteiger partial charge < -0.3 is 10.0 Å². The van der Waals surface area contributed by atoms with Gasteiger partial charge in [0.25, 0.3) is 0 Å². The van der Waals surface area contributed by atoms with Crippen LogP contribution in [0.5, 0.6) is 5.75 Å². The van der Waals surface area contributed by atoms with E-state index in [0.29, 0.717) is 5.52 Å². The largest absolute Gasteiger partial charge is 0.506 e. The molecule has 0 aliphatic carbocycles. The molecule has 0 spiro atoms. The van der Waals surface area contributed by atoms with E-state index in [1.165, 1.54) is 16.7 Å². The van der Waals surface area contributed by atoms with E-state index in [4.69, 9.17) is 9.97 Å². The minimum absolute atomic E-state index is 0. The molecule has 0 fully saturated rings. The summed E-state index contributed by atoms with van der Waals surface area (Å²) >= 11 is 0. The van der Waals surface area contributed by atoms with Crippen LogP contribution in [0.15, 0.2) is 79.0 Å². The van der Waals surface area contributed by atoms with Crippen LogP contribution in [-0.2, 0) is 31.9 Å². The van der Waals surface area contributed by atoms with Gasteiger partial charge in [-0.3, -0.25) is 4.98 Å². The third kappa shape index (κ3) is 4.45. The van der Waals surface area contributed by atoms with Gasteiger partial charge in [-0.05, 0) is 70.1 Å². The summed E-state index contributed by atoms with van der Waals surface area (Å²) in [6.45, 7) is 13.3. The summed E-state index contributed by atoms with van der Waals surface area (Å²) < 4.78 is 0. The van der Waals surface area contributed by atoms with Gasteiger partial charge in [0.05, 0.1) is 0 Å². The van der Waals surface area contributed by atoms with Crippen molar-refractivity contribution in [1.29, 1.82) is 0 Å². The maximum Gasteiger partial charge on any atom is 0.140 e. The van der Waals surface area contributed by atoms with Crippen LogP contribution in [0.3, 0.4) is 0 Å². The molecule has 0 atom stereocenters. The first-order valence-electron chi connectivity index (χ1n) is 13.1. The number of phenols is 1. The van der Waals surface area contributed by atoms with Crippen LogP contribution in [0.4, 0.5) is 17.2 Å². The summed E-state index contributed by atoms with van der Waals surface area (Å²) in [6, 6.07) is 28.5. The Hall–Kier alpha value is -3.49. The Morgan fingerprint density at radius 1 is 0.897 bits per heavy atom. The number of aromatic nitrogens is 2. The monoisotopic (exact) mass is 693 g/mol. The predicted octanol–water partition coefficient (Wildman–Crippen LogP) is 8.52. The molecule has 39 heavy (non-hydrogen) atoms. The third-order valence-corrected chi connectivity index (χ3v) is 7.78. The maximum atomic E-state index is 10.5. The van der Waals surface area contributed by atoms with Crippen LogP contribution in [0, 0.1) is 13.0 Å². The normalized spacial score (nSPS) is 13.9. The molecule has 0 saturated carbocycles. The van der Waals surface area contributed by atoms with Gasteiger partial charge in [-0.2, -0.15) is 0 Å². The number of hydrogen-bond acceptors (Lipinski definition) is 4. The second-order valence-corrected chi connectivity index (χ2v) is 11.8. The first-order chi connectivity index (χ1) is 18.1. The third-order valence-electron chi connectivity index (χ3n) is 7.78. The number of fused-ring (bicyclic) bond motifs is 3. The van der Waals surface area contributed by atoms with E-state index in [1.54, 1.807) is 6.07 Å². The predicted molar refractivity (Wildman–Crippen MR) is 156 cm³/mol. The van der Waals surface area contributed by atoms with Crippen molar-refractivity contribution in [3.8, 4) is 17.0 Å². The number of pyridine rings is 2. The minimum Gasteiger partial charge on any atom is -0.506 e. The van der Waals surface area contributed by atoms with Crippen molar-refractivity contribution in [2.75, 3.05) is 4.90 Å². The van der Waals surface area contributed by atoms with Gasteiger partial charge in [0, 0.05) is 38.3 Å². The number of rotatable bonds is 2. The van der Waals surface area contributed by atoms with Crippen LogP contribution in [-0.4, -0.2) is 15.1 Å². The van der Waals surface area contributed by atoms with E-state index in [-0.39, 0.29) is 37.6 Å². The molecule has 0 unspecified atom stereocenters. The number of benzene rings is 3. The molecule has 5 heteroatoms. The molecule has 3 aromatic carbocycles. The Morgan fingerprint density at radius 2 is 1.67 bits per heavy atom. The quantitative estimate of drug-likeness (QED) is 0.189. The molecule has 200 valence electrons. The molecular weight excluding hydrogens is 661 g/mol. The zero-order valence-electron chi connectivity index (χ0n) is 23.1. The van der Waals surface area contributed by atoms with Gasteiger partial charge in [-0.15, -0.1) is 23.8 Å². The number of hydrogen-bond donors (Lipinski definition) is 1. The van der Waals surface area contributed by atoms with Crippen LogP contribution in [0.1, 0.15) is 56.9 Å². The van der Waals surface area contributed by atoms with Crippen LogP contribution in [0.25, 0.3) is 22.2 Å². The summed E-state index contributed by atoms with van der Waals surface area (Å²) in [7, 11) is 0. The van der Waals surface area contributed by atoms with Gasteiger partial charge in [-0.1, -0.05) is 76.6 Å². The van der Waals surface area contributed by atoms with E-state index < -0.39 is 0 Å². The number of aryl methyl sites for hydroxylation is 1. The van der Waals surface area contributed by atoms with Gasteiger partial charge in [0.2, 0.25) is 0 Å².